The van der Waals surface area contributed by atoms with Gasteiger partial charge >= 0.3 is 0 Å². The van der Waals surface area contributed by atoms with E-state index in [0.717, 1.165) is 28.6 Å². The Kier molecular flexibility index (Phi) is 4.24. The fourth-order valence-electron chi connectivity index (χ4n) is 2.96. The summed E-state index contributed by atoms with van der Waals surface area (Å²) in [6.07, 6.45) is 2.86. The molecular weight excluding hydrogens is 340 g/mol. The number of aromatic amines is 1. The number of ether oxygens (including phenoxy) is 2. The summed E-state index contributed by atoms with van der Waals surface area (Å²) in [5.41, 5.74) is 2.55. The van der Waals surface area contributed by atoms with Crippen LogP contribution in [0.5, 0.6) is 11.5 Å². The molecule has 0 atom stereocenters. The summed E-state index contributed by atoms with van der Waals surface area (Å²) in [5.74, 6) is 1.04. The molecular formula is C19H17ClN2O3. The largest absolute Gasteiger partial charge is 0.489 e. The normalized spacial score (nSPS) is 13.5. The minimum absolute atomic E-state index is 0.112. The third-order valence-corrected chi connectivity index (χ3v) is 4.38. The second-order valence-electron chi connectivity index (χ2n) is 5.92. The summed E-state index contributed by atoms with van der Waals surface area (Å²) >= 11 is 6.29. The van der Waals surface area contributed by atoms with Crippen molar-refractivity contribution in [3.05, 3.63) is 53.2 Å². The number of aromatic nitrogens is 1. The van der Waals surface area contributed by atoms with E-state index in [0.29, 0.717) is 29.7 Å². The van der Waals surface area contributed by atoms with E-state index < -0.39 is 0 Å². The van der Waals surface area contributed by atoms with Gasteiger partial charge in [0.25, 0.3) is 0 Å². The molecule has 128 valence electrons. The first-order valence-corrected chi connectivity index (χ1v) is 8.52. The maximum Gasteiger partial charge on any atom is 0.228 e. The van der Waals surface area contributed by atoms with Gasteiger partial charge in [-0.1, -0.05) is 17.7 Å². The Morgan fingerprint density at radius 1 is 1.20 bits per heavy atom. The molecule has 6 heteroatoms. The molecule has 5 nitrogen and oxygen atoms in total. The quantitative estimate of drug-likeness (QED) is 0.740. The predicted octanol–water partition coefficient (Wildman–Crippen LogP) is 4.16. The van der Waals surface area contributed by atoms with Gasteiger partial charge in [0, 0.05) is 23.5 Å². The molecule has 25 heavy (non-hydrogen) atoms. The number of halogens is 1. The molecule has 1 amide bonds. The van der Waals surface area contributed by atoms with Gasteiger partial charge in [0.1, 0.15) is 0 Å². The molecule has 0 bridgehead atoms. The maximum absolute atomic E-state index is 12.5. The Hall–Kier alpha value is -2.66. The number of hydrogen-bond acceptors (Lipinski definition) is 3. The van der Waals surface area contributed by atoms with E-state index >= 15 is 0 Å². The average Bonchev–Trinajstić information content (AvgIpc) is 2.94. The molecule has 3 aromatic rings. The number of carbonyl (C=O) groups is 1. The summed E-state index contributed by atoms with van der Waals surface area (Å²) < 4.78 is 11.3. The van der Waals surface area contributed by atoms with E-state index in [2.05, 4.69) is 10.3 Å². The van der Waals surface area contributed by atoms with Gasteiger partial charge in [-0.05, 0) is 35.9 Å². The first-order chi connectivity index (χ1) is 12.2. The third-order valence-electron chi connectivity index (χ3n) is 4.10. The van der Waals surface area contributed by atoms with Gasteiger partial charge in [0.15, 0.2) is 11.5 Å². The molecule has 0 aliphatic carbocycles. The fourth-order valence-corrected chi connectivity index (χ4v) is 3.25. The second kappa shape index (κ2) is 6.69. The number of benzene rings is 2. The molecule has 0 saturated carbocycles. The summed E-state index contributed by atoms with van der Waals surface area (Å²) in [6, 6.07) is 11.3. The van der Waals surface area contributed by atoms with Crippen molar-refractivity contribution in [3.63, 3.8) is 0 Å². The smallest absolute Gasteiger partial charge is 0.228 e. The number of nitrogens with one attached hydrogen (secondary N) is 2. The zero-order chi connectivity index (χ0) is 17.2. The van der Waals surface area contributed by atoms with Crippen molar-refractivity contribution in [1.29, 1.82) is 0 Å². The van der Waals surface area contributed by atoms with E-state index in [1.807, 2.05) is 36.5 Å². The van der Waals surface area contributed by atoms with Crippen LogP contribution >= 0.6 is 11.6 Å². The summed E-state index contributed by atoms with van der Waals surface area (Å²) in [7, 11) is 0. The van der Waals surface area contributed by atoms with Gasteiger partial charge in [0.2, 0.25) is 5.91 Å². The SMILES string of the molecule is O=C(Cc1cc(Cl)c2c(c1)OCCCO2)Nc1cccc2[nH]ccc12. The van der Waals surface area contributed by atoms with Gasteiger partial charge < -0.3 is 19.8 Å². The van der Waals surface area contributed by atoms with Crippen LogP contribution in [0.1, 0.15) is 12.0 Å². The van der Waals surface area contributed by atoms with E-state index in [1.54, 1.807) is 6.07 Å². The third kappa shape index (κ3) is 3.28. The number of anilines is 1. The van der Waals surface area contributed by atoms with Gasteiger partial charge in [-0.2, -0.15) is 0 Å². The van der Waals surface area contributed by atoms with Crippen LogP contribution in [0.3, 0.4) is 0 Å². The highest BCUT2D eigenvalue weighted by molar-refractivity contribution is 6.32. The lowest BCUT2D eigenvalue weighted by atomic mass is 10.1. The van der Waals surface area contributed by atoms with Gasteiger partial charge in [-0.3, -0.25) is 4.79 Å². The first-order valence-electron chi connectivity index (χ1n) is 8.15. The molecule has 0 saturated heterocycles. The van der Waals surface area contributed by atoms with Crippen LogP contribution in [0, 0.1) is 0 Å². The molecule has 2 aromatic carbocycles. The van der Waals surface area contributed by atoms with Crippen molar-refractivity contribution >= 4 is 34.1 Å². The number of H-pyrrole nitrogens is 1. The summed E-state index contributed by atoms with van der Waals surface area (Å²) in [4.78, 5) is 15.6. The van der Waals surface area contributed by atoms with Crippen molar-refractivity contribution in [3.8, 4) is 11.5 Å². The van der Waals surface area contributed by atoms with Crippen LogP contribution in [0.15, 0.2) is 42.6 Å². The highest BCUT2D eigenvalue weighted by Crippen LogP contribution is 2.38. The molecule has 1 aliphatic rings. The van der Waals surface area contributed by atoms with Crippen LogP contribution in [0.2, 0.25) is 5.02 Å². The van der Waals surface area contributed by atoms with Crippen molar-refractivity contribution in [2.24, 2.45) is 0 Å². The second-order valence-corrected chi connectivity index (χ2v) is 6.33. The first kappa shape index (κ1) is 15.8. The van der Waals surface area contributed by atoms with Crippen molar-refractivity contribution in [1.82, 2.24) is 4.98 Å². The highest BCUT2D eigenvalue weighted by atomic mass is 35.5. The van der Waals surface area contributed by atoms with Crippen molar-refractivity contribution in [2.75, 3.05) is 18.5 Å². The standard InChI is InChI=1S/C19H17ClN2O3/c20-14-9-12(10-17-19(14)25-8-2-7-24-17)11-18(23)22-16-4-1-3-15-13(16)5-6-21-15/h1,3-6,9-10,21H,2,7-8,11H2,(H,22,23). The summed E-state index contributed by atoms with van der Waals surface area (Å²) in [5, 5.41) is 4.40. The molecule has 0 unspecified atom stereocenters. The number of amides is 1. The highest BCUT2D eigenvalue weighted by Gasteiger charge is 2.17. The van der Waals surface area contributed by atoms with Gasteiger partial charge in [-0.25, -0.2) is 0 Å². The van der Waals surface area contributed by atoms with Crippen molar-refractivity contribution in [2.45, 2.75) is 12.8 Å². The Balaban J connectivity index is 1.54. The average molecular weight is 357 g/mol. The molecule has 0 fully saturated rings. The Morgan fingerprint density at radius 2 is 2.08 bits per heavy atom. The lowest BCUT2D eigenvalue weighted by molar-refractivity contribution is -0.115. The molecule has 0 spiro atoms. The van der Waals surface area contributed by atoms with Crippen LogP contribution in [-0.2, 0) is 11.2 Å². The minimum atomic E-state index is -0.112. The zero-order valence-electron chi connectivity index (χ0n) is 13.5. The van der Waals surface area contributed by atoms with Gasteiger partial charge in [0.05, 0.1) is 30.3 Å². The Labute approximate surface area is 149 Å². The van der Waals surface area contributed by atoms with E-state index in [9.17, 15) is 4.79 Å². The predicted molar refractivity (Wildman–Crippen MR) is 97.7 cm³/mol. The fraction of sp³-hybridized carbons (Fsp3) is 0.211. The molecule has 1 aromatic heterocycles. The van der Waals surface area contributed by atoms with Crippen LogP contribution in [-0.4, -0.2) is 24.1 Å². The number of carbonyl (C=O) groups excluding carboxylic acids is 1. The Bertz CT molecular complexity index is 936. The molecule has 2 heterocycles. The molecule has 2 N–H and O–H groups in total. The minimum Gasteiger partial charge on any atom is -0.489 e. The molecule has 0 radical (unpaired) electrons. The van der Waals surface area contributed by atoms with Crippen LogP contribution < -0.4 is 14.8 Å². The maximum atomic E-state index is 12.5. The van der Waals surface area contributed by atoms with E-state index in [4.69, 9.17) is 21.1 Å². The number of hydrogen-bond donors (Lipinski definition) is 2. The molecule has 4 rings (SSSR count). The molecule has 1 aliphatic heterocycles. The zero-order valence-corrected chi connectivity index (χ0v) is 14.2. The van der Waals surface area contributed by atoms with E-state index in [1.165, 1.54) is 0 Å². The van der Waals surface area contributed by atoms with Crippen LogP contribution in [0.25, 0.3) is 10.9 Å². The summed E-state index contributed by atoms with van der Waals surface area (Å²) in [6.45, 7) is 1.15. The van der Waals surface area contributed by atoms with Crippen LogP contribution in [0.4, 0.5) is 5.69 Å². The lowest BCUT2D eigenvalue weighted by Gasteiger charge is -2.12. The number of fused-ring (bicyclic) bond motifs is 2. The van der Waals surface area contributed by atoms with E-state index in [-0.39, 0.29) is 12.3 Å². The number of rotatable bonds is 3. The lowest BCUT2D eigenvalue weighted by Crippen LogP contribution is -2.14. The van der Waals surface area contributed by atoms with Crippen molar-refractivity contribution < 1.29 is 14.3 Å². The monoisotopic (exact) mass is 356 g/mol. The Morgan fingerprint density at radius 3 is 3.00 bits per heavy atom. The van der Waals surface area contributed by atoms with Gasteiger partial charge in [-0.15, -0.1) is 0 Å². The topological polar surface area (TPSA) is 63.4 Å².